The number of carbonyl (C=O) groups is 2. The van der Waals surface area contributed by atoms with E-state index in [1.54, 1.807) is 27.0 Å². The molecule has 0 fully saturated rings. The average Bonchev–Trinajstić information content (AvgIpc) is 3.12. The Bertz CT molecular complexity index is 725. The molecule has 0 saturated carbocycles. The molecule has 0 unspecified atom stereocenters. The summed E-state index contributed by atoms with van der Waals surface area (Å²) in [5, 5.41) is 3.77. The summed E-state index contributed by atoms with van der Waals surface area (Å²) in [7, 11) is 2.99. The van der Waals surface area contributed by atoms with Gasteiger partial charge in [-0.1, -0.05) is 5.16 Å². The molecule has 24 heavy (non-hydrogen) atoms. The van der Waals surface area contributed by atoms with Crippen molar-refractivity contribution in [1.29, 1.82) is 0 Å². The number of carbonyl (C=O) groups excluding carboxylic acids is 2. The van der Waals surface area contributed by atoms with Crippen LogP contribution >= 0.6 is 11.8 Å². The maximum absolute atomic E-state index is 12.1. The number of aromatic nitrogens is 2. The van der Waals surface area contributed by atoms with E-state index in [0.29, 0.717) is 34.6 Å². The molecule has 9 heteroatoms. The number of nitrogens with zero attached hydrogens (tertiary/aromatic N) is 3. The Labute approximate surface area is 143 Å². The van der Waals surface area contributed by atoms with E-state index in [4.69, 9.17) is 8.94 Å². The second-order valence-corrected chi connectivity index (χ2v) is 6.13. The summed E-state index contributed by atoms with van der Waals surface area (Å²) >= 11 is 1.40. The summed E-state index contributed by atoms with van der Waals surface area (Å²) in [6, 6.07) is 1.60. The summed E-state index contributed by atoms with van der Waals surface area (Å²) in [5.74, 6) is 2.34. The molecule has 2 heterocycles. The van der Waals surface area contributed by atoms with E-state index >= 15 is 0 Å². The molecule has 0 aliphatic rings. The Hall–Kier alpha value is -2.29. The molecular formula is C15H19N3O5S. The van der Waals surface area contributed by atoms with Gasteiger partial charge in [0.2, 0.25) is 11.8 Å². The van der Waals surface area contributed by atoms with Gasteiger partial charge in [0, 0.05) is 14.0 Å². The smallest absolute Gasteiger partial charge is 0.341 e. The Morgan fingerprint density at radius 3 is 2.75 bits per heavy atom. The van der Waals surface area contributed by atoms with Crippen LogP contribution in [0.5, 0.6) is 0 Å². The number of hydrogen-bond acceptors (Lipinski definition) is 8. The number of amides is 1. The molecule has 2 rings (SSSR count). The van der Waals surface area contributed by atoms with Crippen molar-refractivity contribution in [3.05, 3.63) is 34.9 Å². The Balaban J connectivity index is 1.84. The largest absolute Gasteiger partial charge is 0.465 e. The van der Waals surface area contributed by atoms with E-state index in [1.165, 1.54) is 23.8 Å². The number of furan rings is 1. The molecule has 0 atom stereocenters. The zero-order chi connectivity index (χ0) is 17.7. The van der Waals surface area contributed by atoms with E-state index < -0.39 is 5.97 Å². The number of aryl methyl sites for hydroxylation is 2. The third-order valence-corrected chi connectivity index (χ3v) is 4.13. The minimum atomic E-state index is -0.456. The Morgan fingerprint density at radius 1 is 1.38 bits per heavy atom. The number of ether oxygens (including phenoxy) is 1. The van der Waals surface area contributed by atoms with Gasteiger partial charge in [-0.2, -0.15) is 4.98 Å². The highest BCUT2D eigenvalue weighted by atomic mass is 32.2. The van der Waals surface area contributed by atoms with Crippen LogP contribution in [-0.2, 0) is 21.8 Å². The van der Waals surface area contributed by atoms with E-state index in [2.05, 4.69) is 14.9 Å². The second-order valence-electron chi connectivity index (χ2n) is 5.15. The van der Waals surface area contributed by atoms with Crippen LogP contribution in [0.1, 0.15) is 33.6 Å². The lowest BCUT2D eigenvalue weighted by Crippen LogP contribution is -2.27. The first kappa shape index (κ1) is 18.1. The van der Waals surface area contributed by atoms with Crippen molar-refractivity contribution in [3.63, 3.8) is 0 Å². The lowest BCUT2D eigenvalue weighted by Gasteiger charge is -2.15. The minimum absolute atomic E-state index is 0.0612. The molecule has 0 aliphatic heterocycles. The molecule has 0 N–H and O–H groups in total. The van der Waals surface area contributed by atoms with Crippen LogP contribution in [0.3, 0.4) is 0 Å². The van der Waals surface area contributed by atoms with Gasteiger partial charge in [0.05, 0.1) is 25.2 Å². The molecule has 0 bridgehead atoms. The van der Waals surface area contributed by atoms with E-state index in [9.17, 15) is 9.59 Å². The quantitative estimate of drug-likeness (QED) is 0.697. The fourth-order valence-corrected chi connectivity index (χ4v) is 2.79. The van der Waals surface area contributed by atoms with Crippen LogP contribution in [0.2, 0.25) is 0 Å². The van der Waals surface area contributed by atoms with E-state index in [0.717, 1.165) is 0 Å². The molecule has 0 aromatic carbocycles. The Kier molecular flexibility index (Phi) is 6.02. The van der Waals surface area contributed by atoms with Crippen molar-refractivity contribution in [2.75, 3.05) is 19.9 Å². The highest BCUT2D eigenvalue weighted by molar-refractivity contribution is 7.99. The minimum Gasteiger partial charge on any atom is -0.465 e. The highest BCUT2D eigenvalue weighted by Gasteiger charge is 2.18. The molecule has 0 aliphatic carbocycles. The normalized spacial score (nSPS) is 10.7. The maximum Gasteiger partial charge on any atom is 0.341 e. The molecule has 130 valence electrons. The molecule has 0 spiro atoms. The highest BCUT2D eigenvalue weighted by Crippen LogP contribution is 2.17. The summed E-state index contributed by atoms with van der Waals surface area (Å²) in [6.45, 7) is 3.67. The van der Waals surface area contributed by atoms with Crippen molar-refractivity contribution in [2.24, 2.45) is 0 Å². The van der Waals surface area contributed by atoms with Gasteiger partial charge in [0.1, 0.15) is 17.1 Å². The van der Waals surface area contributed by atoms with Gasteiger partial charge in [-0.3, -0.25) is 4.79 Å². The summed E-state index contributed by atoms with van der Waals surface area (Å²) < 4.78 is 15.0. The van der Waals surface area contributed by atoms with Crippen molar-refractivity contribution >= 4 is 23.6 Å². The lowest BCUT2D eigenvalue weighted by atomic mass is 10.2. The molecule has 2 aromatic rings. The lowest BCUT2D eigenvalue weighted by molar-refractivity contribution is -0.127. The van der Waals surface area contributed by atoms with Gasteiger partial charge < -0.3 is 18.6 Å². The predicted octanol–water partition coefficient (Wildman–Crippen LogP) is 1.96. The molecular weight excluding hydrogens is 334 g/mol. The average molecular weight is 353 g/mol. The fraction of sp³-hybridized carbons (Fsp3) is 0.467. The monoisotopic (exact) mass is 353 g/mol. The van der Waals surface area contributed by atoms with Crippen LogP contribution in [0.15, 0.2) is 15.0 Å². The first-order valence-corrected chi connectivity index (χ1v) is 8.34. The summed E-state index contributed by atoms with van der Waals surface area (Å²) in [5.41, 5.74) is 0.371. The van der Waals surface area contributed by atoms with Crippen molar-refractivity contribution in [2.45, 2.75) is 26.1 Å². The van der Waals surface area contributed by atoms with Gasteiger partial charge in [-0.25, -0.2) is 4.79 Å². The Morgan fingerprint density at radius 2 is 2.12 bits per heavy atom. The third-order valence-electron chi connectivity index (χ3n) is 3.22. The molecule has 1 amide bonds. The molecule has 0 saturated heterocycles. The standard InChI is InChI=1S/C15H19N3O5S/c1-9-12(15(20)21-4)5-11(22-9)6-18(3)14(19)8-24-7-13-16-10(2)23-17-13/h5H,6-8H2,1-4H3. The fourth-order valence-electron chi connectivity index (χ4n) is 2.00. The zero-order valence-corrected chi connectivity index (χ0v) is 14.8. The SMILES string of the molecule is COC(=O)c1cc(CN(C)C(=O)CSCc2noc(C)n2)oc1C. The third kappa shape index (κ3) is 4.60. The predicted molar refractivity (Wildman–Crippen MR) is 86.5 cm³/mol. The molecule has 2 aromatic heterocycles. The molecule has 8 nitrogen and oxygen atoms in total. The first-order valence-electron chi connectivity index (χ1n) is 7.19. The number of hydrogen-bond donors (Lipinski definition) is 0. The van der Waals surface area contributed by atoms with Gasteiger partial charge in [-0.05, 0) is 13.0 Å². The number of rotatable bonds is 7. The van der Waals surface area contributed by atoms with Crippen molar-refractivity contribution < 1.29 is 23.3 Å². The summed E-state index contributed by atoms with van der Waals surface area (Å²) in [4.78, 5) is 29.3. The van der Waals surface area contributed by atoms with Gasteiger partial charge in [-0.15, -0.1) is 11.8 Å². The van der Waals surface area contributed by atoms with Gasteiger partial charge >= 0.3 is 5.97 Å². The van der Waals surface area contributed by atoms with Crippen LogP contribution in [0.25, 0.3) is 0 Å². The van der Waals surface area contributed by atoms with Crippen LogP contribution in [-0.4, -0.2) is 46.8 Å². The zero-order valence-electron chi connectivity index (χ0n) is 14.0. The van der Waals surface area contributed by atoms with E-state index in [-0.39, 0.29) is 18.2 Å². The van der Waals surface area contributed by atoms with Crippen LogP contribution in [0.4, 0.5) is 0 Å². The van der Waals surface area contributed by atoms with Crippen molar-refractivity contribution in [3.8, 4) is 0 Å². The maximum atomic E-state index is 12.1. The van der Waals surface area contributed by atoms with Crippen LogP contribution < -0.4 is 0 Å². The topological polar surface area (TPSA) is 98.7 Å². The number of esters is 1. The second kappa shape index (κ2) is 8.00. The molecule has 0 radical (unpaired) electrons. The number of thioether (sulfide) groups is 1. The van der Waals surface area contributed by atoms with Crippen LogP contribution in [0, 0.1) is 13.8 Å². The van der Waals surface area contributed by atoms with Gasteiger partial charge in [0.25, 0.3) is 0 Å². The first-order chi connectivity index (χ1) is 11.4. The number of methoxy groups -OCH3 is 1. The van der Waals surface area contributed by atoms with Crippen molar-refractivity contribution in [1.82, 2.24) is 15.0 Å². The summed E-state index contributed by atoms with van der Waals surface area (Å²) in [6.07, 6.45) is 0. The van der Waals surface area contributed by atoms with E-state index in [1.807, 2.05) is 0 Å². The van der Waals surface area contributed by atoms with Gasteiger partial charge in [0.15, 0.2) is 5.82 Å².